The molecule has 1 N–H and O–H groups in total. The van der Waals surface area contributed by atoms with Crippen LogP contribution >= 0.6 is 0 Å². The molecule has 0 unspecified atom stereocenters. The van der Waals surface area contributed by atoms with E-state index in [1.54, 1.807) is 18.2 Å². The molecule has 0 bridgehead atoms. The van der Waals surface area contributed by atoms with Gasteiger partial charge in [0.1, 0.15) is 11.4 Å². The van der Waals surface area contributed by atoms with Gasteiger partial charge >= 0.3 is 7.12 Å². The summed E-state index contributed by atoms with van der Waals surface area (Å²) >= 11 is 0. The molecule has 8 heteroatoms. The molecule has 1 amide bonds. The summed E-state index contributed by atoms with van der Waals surface area (Å²) < 4.78 is 26.6. The third-order valence-corrected chi connectivity index (χ3v) is 5.99. The Labute approximate surface area is 186 Å². The van der Waals surface area contributed by atoms with Crippen molar-refractivity contribution < 1.29 is 18.5 Å². The molecule has 1 aliphatic heterocycles. The Morgan fingerprint density at radius 1 is 0.938 bits per heavy atom. The van der Waals surface area contributed by atoms with Crippen molar-refractivity contribution in [2.24, 2.45) is 0 Å². The maximum atomic E-state index is 13.2. The molecule has 32 heavy (non-hydrogen) atoms. The van der Waals surface area contributed by atoms with Gasteiger partial charge in [0.2, 0.25) is 0 Å². The minimum absolute atomic E-state index is 0.0214. The summed E-state index contributed by atoms with van der Waals surface area (Å²) in [6.45, 7) is 7.95. The fourth-order valence-corrected chi connectivity index (χ4v) is 3.37. The summed E-state index contributed by atoms with van der Waals surface area (Å²) in [7, 11) is -0.498. The predicted molar refractivity (Wildman–Crippen MR) is 122 cm³/mol. The lowest BCUT2D eigenvalue weighted by molar-refractivity contribution is 0.00578. The van der Waals surface area contributed by atoms with Crippen molar-refractivity contribution in [1.29, 1.82) is 0 Å². The zero-order valence-corrected chi connectivity index (χ0v) is 18.4. The van der Waals surface area contributed by atoms with Crippen LogP contribution < -0.4 is 16.3 Å². The van der Waals surface area contributed by atoms with E-state index in [1.807, 2.05) is 39.8 Å². The number of rotatable bonds is 4. The third kappa shape index (κ3) is 4.11. The van der Waals surface area contributed by atoms with Crippen LogP contribution in [0.15, 0.2) is 71.7 Å². The first-order chi connectivity index (χ1) is 15.1. The average molecular weight is 434 g/mol. The van der Waals surface area contributed by atoms with Crippen molar-refractivity contribution in [2.45, 2.75) is 38.9 Å². The number of benzene rings is 2. The van der Waals surface area contributed by atoms with Crippen LogP contribution in [-0.2, 0) is 9.31 Å². The van der Waals surface area contributed by atoms with E-state index in [4.69, 9.17) is 9.31 Å². The van der Waals surface area contributed by atoms with Gasteiger partial charge in [-0.2, -0.15) is 0 Å². The Bertz CT molecular complexity index is 1190. The number of carbonyl (C=O) groups is 1. The minimum atomic E-state index is -0.533. The van der Waals surface area contributed by atoms with Crippen LogP contribution in [0.5, 0.6) is 0 Å². The van der Waals surface area contributed by atoms with Crippen LogP contribution in [0.2, 0.25) is 0 Å². The zero-order chi connectivity index (χ0) is 23.1. The molecule has 0 spiro atoms. The maximum Gasteiger partial charge on any atom is 0.494 e. The molecule has 6 nitrogen and oxygen atoms in total. The van der Waals surface area contributed by atoms with Gasteiger partial charge in [-0.3, -0.25) is 14.2 Å². The van der Waals surface area contributed by atoms with Crippen molar-refractivity contribution in [2.75, 3.05) is 5.32 Å². The number of anilines is 1. The smallest absolute Gasteiger partial charge is 0.399 e. The molecule has 0 saturated carbocycles. The first-order valence-corrected chi connectivity index (χ1v) is 10.3. The van der Waals surface area contributed by atoms with Gasteiger partial charge in [-0.15, -0.1) is 0 Å². The predicted octanol–water partition coefficient (Wildman–Crippen LogP) is 3.53. The van der Waals surface area contributed by atoms with Crippen LogP contribution in [0.1, 0.15) is 38.1 Å². The molecule has 4 rings (SSSR count). The highest BCUT2D eigenvalue weighted by Crippen LogP contribution is 2.36. The van der Waals surface area contributed by atoms with E-state index < -0.39 is 35.6 Å². The molecule has 2 aromatic carbocycles. The Morgan fingerprint density at radius 2 is 1.53 bits per heavy atom. The SMILES string of the molecule is CC1(C)OB(c2ccc(NC(=O)c3cccn(-c4ccc(F)cc4)c3=O)cc2)OC1(C)C. The van der Waals surface area contributed by atoms with Crippen molar-refractivity contribution in [1.82, 2.24) is 4.57 Å². The number of amides is 1. The van der Waals surface area contributed by atoms with Crippen molar-refractivity contribution in [3.8, 4) is 5.69 Å². The van der Waals surface area contributed by atoms with E-state index in [2.05, 4.69) is 5.32 Å². The average Bonchev–Trinajstić information content (AvgIpc) is 2.96. The summed E-state index contributed by atoms with van der Waals surface area (Å²) in [5.41, 5.74) is 0.437. The van der Waals surface area contributed by atoms with E-state index in [9.17, 15) is 14.0 Å². The van der Waals surface area contributed by atoms with E-state index >= 15 is 0 Å². The van der Waals surface area contributed by atoms with E-state index in [-0.39, 0.29) is 5.56 Å². The molecular formula is C24H24BFN2O4. The summed E-state index contributed by atoms with van der Waals surface area (Å²) in [5.74, 6) is -0.936. The van der Waals surface area contributed by atoms with Crippen LogP contribution in [0.25, 0.3) is 5.69 Å². The number of hydrogen-bond acceptors (Lipinski definition) is 4. The number of pyridine rings is 1. The van der Waals surface area contributed by atoms with Crippen LogP contribution in [-0.4, -0.2) is 28.8 Å². The maximum absolute atomic E-state index is 13.2. The Hall–Kier alpha value is -3.23. The largest absolute Gasteiger partial charge is 0.494 e. The molecular weight excluding hydrogens is 410 g/mol. The second-order valence-corrected chi connectivity index (χ2v) is 8.74. The number of carbonyl (C=O) groups excluding carboxylic acids is 1. The molecule has 3 aromatic rings. The number of hydrogen-bond donors (Lipinski definition) is 1. The van der Waals surface area contributed by atoms with Gasteiger partial charge in [0.15, 0.2) is 0 Å². The molecule has 1 aliphatic rings. The molecule has 1 saturated heterocycles. The highest BCUT2D eigenvalue weighted by molar-refractivity contribution is 6.62. The fraction of sp³-hybridized carbons (Fsp3) is 0.250. The Balaban J connectivity index is 1.51. The second kappa shape index (κ2) is 8.04. The monoisotopic (exact) mass is 434 g/mol. The van der Waals surface area contributed by atoms with Crippen LogP contribution in [0.3, 0.4) is 0 Å². The standard InChI is InChI=1S/C24H24BFN2O4/c1-23(2)24(3,4)32-25(31-23)16-7-11-18(12-8-16)27-21(29)20-6-5-15-28(22(20)30)19-13-9-17(26)10-14-19/h5-15H,1-4H3,(H,27,29). The topological polar surface area (TPSA) is 69.6 Å². The van der Waals surface area contributed by atoms with E-state index in [0.717, 1.165) is 5.46 Å². The van der Waals surface area contributed by atoms with Gasteiger partial charge < -0.3 is 14.6 Å². The summed E-state index contributed by atoms with van der Waals surface area (Å²) in [6, 6.07) is 15.6. The second-order valence-electron chi connectivity index (χ2n) is 8.74. The van der Waals surface area contributed by atoms with Crippen LogP contribution in [0, 0.1) is 5.82 Å². The molecule has 0 atom stereocenters. The fourth-order valence-electron chi connectivity index (χ4n) is 3.37. The Morgan fingerprint density at radius 3 is 2.12 bits per heavy atom. The van der Waals surface area contributed by atoms with Gasteiger partial charge in [-0.25, -0.2) is 4.39 Å². The van der Waals surface area contributed by atoms with Crippen molar-refractivity contribution in [3.05, 3.63) is 88.6 Å². The molecule has 1 fully saturated rings. The zero-order valence-electron chi connectivity index (χ0n) is 18.4. The van der Waals surface area contributed by atoms with Crippen LogP contribution in [0.4, 0.5) is 10.1 Å². The van der Waals surface area contributed by atoms with Gasteiger partial charge in [-0.05, 0) is 81.7 Å². The molecule has 0 radical (unpaired) electrons. The number of nitrogens with zero attached hydrogens (tertiary/aromatic N) is 1. The molecule has 0 aliphatic carbocycles. The first-order valence-electron chi connectivity index (χ1n) is 10.3. The van der Waals surface area contributed by atoms with Gasteiger partial charge in [0, 0.05) is 17.6 Å². The third-order valence-electron chi connectivity index (χ3n) is 5.99. The lowest BCUT2D eigenvalue weighted by Crippen LogP contribution is -2.41. The van der Waals surface area contributed by atoms with Gasteiger partial charge in [-0.1, -0.05) is 12.1 Å². The number of nitrogens with one attached hydrogen (secondary N) is 1. The van der Waals surface area contributed by atoms with Gasteiger partial charge in [0.25, 0.3) is 11.5 Å². The Kier molecular flexibility index (Phi) is 5.52. The van der Waals surface area contributed by atoms with Crippen molar-refractivity contribution in [3.63, 3.8) is 0 Å². The summed E-state index contributed by atoms with van der Waals surface area (Å²) in [6.07, 6.45) is 1.53. The quantitative estimate of drug-likeness (QED) is 0.638. The minimum Gasteiger partial charge on any atom is -0.399 e. The van der Waals surface area contributed by atoms with Crippen molar-refractivity contribution >= 4 is 24.2 Å². The summed E-state index contributed by atoms with van der Waals surface area (Å²) in [4.78, 5) is 25.6. The first kappa shape index (κ1) is 22.0. The molecule has 2 heterocycles. The summed E-state index contributed by atoms with van der Waals surface area (Å²) in [5, 5.41) is 2.74. The van der Waals surface area contributed by atoms with E-state index in [0.29, 0.717) is 11.4 Å². The highest BCUT2D eigenvalue weighted by Gasteiger charge is 2.51. The lowest BCUT2D eigenvalue weighted by Gasteiger charge is -2.32. The molecule has 1 aromatic heterocycles. The molecule has 164 valence electrons. The highest BCUT2D eigenvalue weighted by atomic mass is 19.1. The lowest BCUT2D eigenvalue weighted by atomic mass is 9.79. The number of aromatic nitrogens is 1. The number of halogens is 1. The van der Waals surface area contributed by atoms with Gasteiger partial charge in [0.05, 0.1) is 11.2 Å². The normalized spacial score (nSPS) is 16.7. The van der Waals surface area contributed by atoms with E-state index in [1.165, 1.54) is 41.1 Å².